The maximum atomic E-state index is 13.7. The van der Waals surface area contributed by atoms with Crippen molar-refractivity contribution in [1.29, 1.82) is 0 Å². The number of hydrogen-bond donors (Lipinski definition) is 1. The maximum absolute atomic E-state index is 13.7. The van der Waals surface area contributed by atoms with E-state index in [9.17, 15) is 14.7 Å². The van der Waals surface area contributed by atoms with Crippen LogP contribution in [0.5, 0.6) is 0 Å². The molecule has 1 aromatic heterocycles. The summed E-state index contributed by atoms with van der Waals surface area (Å²) in [5.41, 5.74) is 3.15. The van der Waals surface area contributed by atoms with Crippen molar-refractivity contribution in [2.45, 2.75) is 25.3 Å². The summed E-state index contributed by atoms with van der Waals surface area (Å²) >= 11 is 1.47. The lowest BCUT2D eigenvalue weighted by molar-refractivity contribution is -0.896. The Morgan fingerprint density at radius 1 is 1.15 bits per heavy atom. The van der Waals surface area contributed by atoms with E-state index in [0.717, 1.165) is 44.6 Å². The Hall–Kier alpha value is -2.97. The van der Waals surface area contributed by atoms with Crippen LogP contribution in [0, 0.1) is 5.41 Å². The Labute approximate surface area is 203 Å². The van der Waals surface area contributed by atoms with Crippen molar-refractivity contribution in [3.05, 3.63) is 53.6 Å². The maximum Gasteiger partial charge on any atom is 0.304 e. The van der Waals surface area contributed by atoms with Gasteiger partial charge in [0.2, 0.25) is 5.91 Å². The largest absolute Gasteiger partial charge is 0.481 e. The van der Waals surface area contributed by atoms with E-state index in [2.05, 4.69) is 44.2 Å². The van der Waals surface area contributed by atoms with E-state index >= 15 is 0 Å². The van der Waals surface area contributed by atoms with Gasteiger partial charge in [0.05, 0.1) is 56.3 Å². The topological polar surface area (TPSA) is 73.7 Å². The fourth-order valence-corrected chi connectivity index (χ4v) is 6.08. The van der Waals surface area contributed by atoms with Crippen molar-refractivity contribution in [1.82, 2.24) is 4.98 Å². The minimum absolute atomic E-state index is 0.182. The van der Waals surface area contributed by atoms with E-state index in [0.29, 0.717) is 24.0 Å². The lowest BCUT2D eigenvalue weighted by atomic mass is 9.80. The quantitative estimate of drug-likeness (QED) is 0.549. The highest BCUT2D eigenvalue weighted by molar-refractivity contribution is 7.22. The van der Waals surface area contributed by atoms with Crippen LogP contribution in [0.2, 0.25) is 0 Å². The summed E-state index contributed by atoms with van der Waals surface area (Å²) < 4.78 is 1.97. The van der Waals surface area contributed by atoms with Gasteiger partial charge in [0.15, 0.2) is 5.13 Å². The number of fused-ring (bicyclic) bond motifs is 2. The van der Waals surface area contributed by atoms with Crippen molar-refractivity contribution < 1.29 is 19.2 Å². The van der Waals surface area contributed by atoms with Gasteiger partial charge in [-0.3, -0.25) is 14.5 Å². The normalized spacial score (nSPS) is 17.5. The Balaban J connectivity index is 1.39. The third kappa shape index (κ3) is 3.95. The van der Waals surface area contributed by atoms with Crippen LogP contribution in [0.4, 0.5) is 10.8 Å². The zero-order valence-electron chi connectivity index (χ0n) is 20.1. The number of anilines is 2. The van der Waals surface area contributed by atoms with Crippen LogP contribution in [0.25, 0.3) is 10.2 Å². The first-order valence-electron chi connectivity index (χ1n) is 11.6. The van der Waals surface area contributed by atoms with Gasteiger partial charge < -0.3 is 14.5 Å². The molecular weight excluding hydrogens is 448 g/mol. The van der Waals surface area contributed by atoms with Gasteiger partial charge in [-0.25, -0.2) is 4.98 Å². The molecule has 1 aliphatic heterocycles. The molecule has 2 aliphatic rings. The van der Waals surface area contributed by atoms with E-state index < -0.39 is 11.4 Å². The molecule has 0 bridgehead atoms. The Morgan fingerprint density at radius 2 is 1.79 bits per heavy atom. The molecule has 1 amide bonds. The molecule has 0 spiro atoms. The van der Waals surface area contributed by atoms with E-state index in [1.165, 1.54) is 11.3 Å². The van der Waals surface area contributed by atoms with Crippen LogP contribution in [-0.4, -0.2) is 73.8 Å². The molecule has 3 aromatic rings. The first-order valence-corrected chi connectivity index (χ1v) is 12.4. The number of carbonyl (C=O) groups excluding carboxylic acids is 1. The minimum Gasteiger partial charge on any atom is -0.481 e. The van der Waals surface area contributed by atoms with E-state index in [1.54, 1.807) is 11.9 Å². The van der Waals surface area contributed by atoms with Crippen molar-refractivity contribution in [3.63, 3.8) is 0 Å². The Morgan fingerprint density at radius 3 is 2.38 bits per heavy atom. The molecule has 178 valence electrons. The number of aromatic nitrogens is 1. The van der Waals surface area contributed by atoms with Crippen LogP contribution in [0.1, 0.15) is 17.5 Å². The van der Waals surface area contributed by atoms with E-state index in [1.807, 2.05) is 24.3 Å². The van der Waals surface area contributed by atoms with Gasteiger partial charge in [0.25, 0.3) is 0 Å². The third-order valence-electron chi connectivity index (χ3n) is 7.39. The first-order chi connectivity index (χ1) is 16.1. The molecule has 1 aliphatic carbocycles. The van der Waals surface area contributed by atoms with Gasteiger partial charge >= 0.3 is 5.97 Å². The number of rotatable bonds is 6. The van der Waals surface area contributed by atoms with Gasteiger partial charge in [0.1, 0.15) is 6.04 Å². The molecule has 5 rings (SSSR count). The third-order valence-corrected chi connectivity index (χ3v) is 8.51. The average Bonchev–Trinajstić information content (AvgIpc) is 3.31. The molecule has 0 saturated carbocycles. The number of thiazole rings is 1. The number of carboxylic acids is 1. The number of benzene rings is 2. The highest BCUT2D eigenvalue weighted by Gasteiger charge is 2.47. The zero-order valence-corrected chi connectivity index (χ0v) is 20.9. The highest BCUT2D eigenvalue weighted by Crippen LogP contribution is 2.43. The minimum atomic E-state index is -0.981. The molecule has 1 fully saturated rings. The second-order valence-corrected chi connectivity index (χ2v) is 11.7. The Bertz CT molecular complexity index is 1250. The summed E-state index contributed by atoms with van der Waals surface area (Å²) in [4.78, 5) is 34.2. The standard InChI is InChI=1S/C26H30N4O3S/c1-28(24(33)26(14-23(31)32)12-17-7-5-6-8-18(17)13-26)25-27-21-11-19(9-10-22(21)34-25)29-15-20(16-29)30(2,3)4/h5-11,20H,12-16H2,1-4H3/p+1. The van der Waals surface area contributed by atoms with Crippen LogP contribution in [-0.2, 0) is 22.4 Å². The zero-order chi connectivity index (χ0) is 24.3. The molecule has 2 aromatic carbocycles. The number of nitrogens with zero attached hydrogens (tertiary/aromatic N) is 4. The first kappa shape index (κ1) is 22.8. The molecule has 34 heavy (non-hydrogen) atoms. The molecule has 1 N–H and O–H groups in total. The van der Waals surface area contributed by atoms with E-state index in [4.69, 9.17) is 4.98 Å². The lowest BCUT2D eigenvalue weighted by Gasteiger charge is -2.47. The molecule has 8 heteroatoms. The number of aliphatic carboxylic acids is 1. The van der Waals surface area contributed by atoms with Crippen LogP contribution in [0.3, 0.4) is 0 Å². The van der Waals surface area contributed by atoms with Crippen molar-refractivity contribution >= 4 is 44.2 Å². The summed E-state index contributed by atoms with van der Waals surface area (Å²) in [6, 6.07) is 14.8. The highest BCUT2D eigenvalue weighted by atomic mass is 32.1. The second-order valence-electron chi connectivity index (χ2n) is 10.7. The number of amides is 1. The summed E-state index contributed by atoms with van der Waals surface area (Å²) in [5, 5.41) is 10.2. The number of quaternary nitrogens is 1. The fraction of sp³-hybridized carbons (Fsp3) is 0.423. The monoisotopic (exact) mass is 479 g/mol. The van der Waals surface area contributed by atoms with Crippen molar-refractivity contribution in [3.8, 4) is 0 Å². The molecule has 0 radical (unpaired) electrons. The number of likely N-dealkylation sites (N-methyl/N-ethyl adjacent to an activating group) is 1. The Kier molecular flexibility index (Phi) is 5.41. The SMILES string of the molecule is CN(C(=O)C1(CC(=O)O)Cc2ccccc2C1)c1nc2cc(N3CC([N+](C)(C)C)C3)ccc2s1. The average molecular weight is 480 g/mol. The van der Waals surface area contributed by atoms with Crippen molar-refractivity contribution in [2.24, 2.45) is 5.41 Å². The van der Waals surface area contributed by atoms with Crippen molar-refractivity contribution in [2.75, 3.05) is 51.1 Å². The number of hydrogen-bond acceptors (Lipinski definition) is 5. The molecule has 7 nitrogen and oxygen atoms in total. The molecule has 0 unspecified atom stereocenters. The molecular formula is C26H31N4O3S+. The second kappa shape index (κ2) is 8.06. The smallest absolute Gasteiger partial charge is 0.304 e. The fourth-order valence-electron chi connectivity index (χ4n) is 5.18. The van der Waals surface area contributed by atoms with Gasteiger partial charge in [0, 0.05) is 12.7 Å². The molecule has 2 heterocycles. The molecule has 1 saturated heterocycles. The summed E-state index contributed by atoms with van der Waals surface area (Å²) in [6.07, 6.45) is 0.689. The van der Waals surface area contributed by atoms with E-state index in [-0.39, 0.29) is 12.3 Å². The number of carbonyl (C=O) groups is 2. The predicted octanol–water partition coefficient (Wildman–Crippen LogP) is 3.41. The summed E-state index contributed by atoms with van der Waals surface area (Å²) in [5.74, 6) is -1.14. The van der Waals surface area contributed by atoms with Gasteiger partial charge in [-0.2, -0.15) is 0 Å². The lowest BCUT2D eigenvalue weighted by Crippen LogP contribution is -2.64. The van der Waals surface area contributed by atoms with Gasteiger partial charge in [-0.1, -0.05) is 35.6 Å². The van der Waals surface area contributed by atoms with Crippen LogP contribution >= 0.6 is 11.3 Å². The summed E-state index contributed by atoms with van der Waals surface area (Å²) in [6.45, 7) is 2.03. The summed E-state index contributed by atoms with van der Waals surface area (Å²) in [7, 11) is 8.40. The van der Waals surface area contributed by atoms with Crippen LogP contribution in [0.15, 0.2) is 42.5 Å². The van der Waals surface area contributed by atoms with Gasteiger partial charge in [-0.15, -0.1) is 0 Å². The van der Waals surface area contributed by atoms with Gasteiger partial charge in [-0.05, 0) is 42.2 Å². The molecule has 0 atom stereocenters. The van der Waals surface area contributed by atoms with Crippen LogP contribution < -0.4 is 9.80 Å². The predicted molar refractivity (Wildman–Crippen MR) is 136 cm³/mol. The number of carboxylic acid groups (broad SMARTS) is 1.